The number of hydrogen-bond acceptors (Lipinski definition) is 2. The molecule has 0 fully saturated rings. The summed E-state index contributed by atoms with van der Waals surface area (Å²) >= 11 is 0. The summed E-state index contributed by atoms with van der Waals surface area (Å²) in [5.41, 5.74) is 6.19. The molecule has 0 aliphatic heterocycles. The molecule has 2 aromatic heterocycles. The number of para-hydroxylation sites is 2. The predicted molar refractivity (Wildman–Crippen MR) is 86.4 cm³/mol. The molecule has 21 heavy (non-hydrogen) atoms. The summed E-state index contributed by atoms with van der Waals surface area (Å²) in [4.78, 5) is 4.53. The van der Waals surface area contributed by atoms with Gasteiger partial charge in [0, 0.05) is 22.5 Å². The van der Waals surface area contributed by atoms with Gasteiger partial charge in [-0.2, -0.15) is 0 Å². The Morgan fingerprint density at radius 3 is 2.33 bits per heavy atom. The lowest BCUT2D eigenvalue weighted by Crippen LogP contribution is -1.84. The minimum Gasteiger partial charge on any atom is -0.455 e. The predicted octanol–water partition coefficient (Wildman–Crippen LogP) is 5.26. The summed E-state index contributed by atoms with van der Waals surface area (Å²) in [7, 11) is 0. The maximum Gasteiger partial charge on any atom is 0.144 e. The van der Waals surface area contributed by atoms with Crippen LogP contribution < -0.4 is 0 Å². The highest BCUT2D eigenvalue weighted by Gasteiger charge is 2.13. The molecule has 0 saturated heterocycles. The first-order valence-corrected chi connectivity index (χ1v) is 7.08. The van der Waals surface area contributed by atoms with Crippen LogP contribution in [0.3, 0.4) is 0 Å². The number of benzene rings is 2. The van der Waals surface area contributed by atoms with E-state index in [2.05, 4.69) is 54.4 Å². The van der Waals surface area contributed by atoms with E-state index in [-0.39, 0.29) is 0 Å². The van der Waals surface area contributed by atoms with Gasteiger partial charge < -0.3 is 4.42 Å². The number of rotatable bonds is 1. The number of aryl methyl sites for hydroxylation is 2. The van der Waals surface area contributed by atoms with Gasteiger partial charge in [0.2, 0.25) is 0 Å². The van der Waals surface area contributed by atoms with Gasteiger partial charge in [-0.05, 0) is 37.1 Å². The van der Waals surface area contributed by atoms with Crippen molar-refractivity contribution in [2.45, 2.75) is 13.8 Å². The van der Waals surface area contributed by atoms with Gasteiger partial charge >= 0.3 is 0 Å². The molecular weight excluding hydrogens is 258 g/mol. The maximum absolute atomic E-state index is 6.16. The Kier molecular flexibility index (Phi) is 2.58. The average Bonchev–Trinajstić information content (AvgIpc) is 2.89. The van der Waals surface area contributed by atoms with E-state index < -0.39 is 0 Å². The van der Waals surface area contributed by atoms with Gasteiger partial charge in [0.25, 0.3) is 0 Å². The smallest absolute Gasteiger partial charge is 0.144 e. The van der Waals surface area contributed by atoms with Crippen molar-refractivity contribution < 1.29 is 4.42 Å². The topological polar surface area (TPSA) is 26.0 Å². The SMILES string of the molecule is Cc1ccc(-c2cccc3c2oc2c(C)cccc23)nc1. The largest absolute Gasteiger partial charge is 0.455 e. The van der Waals surface area contributed by atoms with Crippen molar-refractivity contribution in [1.29, 1.82) is 0 Å². The zero-order valence-corrected chi connectivity index (χ0v) is 12.1. The van der Waals surface area contributed by atoms with E-state index in [9.17, 15) is 0 Å². The molecule has 4 rings (SSSR count). The van der Waals surface area contributed by atoms with Crippen LogP contribution in [-0.4, -0.2) is 4.98 Å². The van der Waals surface area contributed by atoms with Crippen LogP contribution in [0.4, 0.5) is 0 Å². The molecule has 0 radical (unpaired) electrons. The molecule has 0 aliphatic carbocycles. The normalized spacial score (nSPS) is 11.3. The molecule has 0 aliphatic rings. The Hall–Kier alpha value is -2.61. The first kappa shape index (κ1) is 12.2. The number of pyridine rings is 1. The lowest BCUT2D eigenvalue weighted by atomic mass is 10.1. The summed E-state index contributed by atoms with van der Waals surface area (Å²) < 4.78 is 6.16. The van der Waals surface area contributed by atoms with Gasteiger partial charge in [0.1, 0.15) is 11.2 Å². The number of aromatic nitrogens is 1. The van der Waals surface area contributed by atoms with E-state index in [0.29, 0.717) is 0 Å². The molecule has 0 spiro atoms. The first-order chi connectivity index (χ1) is 10.2. The van der Waals surface area contributed by atoms with E-state index in [1.165, 1.54) is 5.39 Å². The quantitative estimate of drug-likeness (QED) is 0.472. The monoisotopic (exact) mass is 273 g/mol. The van der Waals surface area contributed by atoms with Crippen molar-refractivity contribution >= 4 is 21.9 Å². The average molecular weight is 273 g/mol. The van der Waals surface area contributed by atoms with Crippen molar-refractivity contribution in [3.63, 3.8) is 0 Å². The van der Waals surface area contributed by atoms with Crippen molar-refractivity contribution in [1.82, 2.24) is 4.98 Å². The Balaban J connectivity index is 2.08. The highest BCUT2D eigenvalue weighted by Crippen LogP contribution is 2.36. The standard InChI is InChI=1S/C19H15NO/c1-12-9-10-17(20-11-12)16-8-4-7-15-14-6-3-5-13(2)18(14)21-19(15)16/h3-11H,1-2H3. The Morgan fingerprint density at radius 2 is 1.57 bits per heavy atom. The van der Waals surface area contributed by atoms with Crippen LogP contribution in [0.5, 0.6) is 0 Å². The second-order valence-electron chi connectivity index (χ2n) is 5.46. The fourth-order valence-electron chi connectivity index (χ4n) is 2.79. The van der Waals surface area contributed by atoms with Crippen LogP contribution in [-0.2, 0) is 0 Å². The van der Waals surface area contributed by atoms with E-state index >= 15 is 0 Å². The van der Waals surface area contributed by atoms with Crippen LogP contribution in [0.1, 0.15) is 11.1 Å². The Morgan fingerprint density at radius 1 is 0.810 bits per heavy atom. The second kappa shape index (κ2) is 4.45. The van der Waals surface area contributed by atoms with Crippen LogP contribution in [0, 0.1) is 13.8 Å². The summed E-state index contributed by atoms with van der Waals surface area (Å²) in [5, 5.41) is 2.31. The summed E-state index contributed by atoms with van der Waals surface area (Å²) in [6, 6.07) is 16.6. The molecule has 0 saturated carbocycles. The zero-order chi connectivity index (χ0) is 14.4. The van der Waals surface area contributed by atoms with Gasteiger partial charge in [-0.3, -0.25) is 4.98 Å². The Bertz CT molecular complexity index is 949. The zero-order valence-electron chi connectivity index (χ0n) is 12.1. The van der Waals surface area contributed by atoms with Gasteiger partial charge in [0.05, 0.1) is 5.69 Å². The molecule has 2 aromatic carbocycles. The van der Waals surface area contributed by atoms with E-state index in [4.69, 9.17) is 4.42 Å². The van der Waals surface area contributed by atoms with Gasteiger partial charge in [-0.25, -0.2) is 0 Å². The second-order valence-corrected chi connectivity index (χ2v) is 5.46. The highest BCUT2D eigenvalue weighted by atomic mass is 16.3. The first-order valence-electron chi connectivity index (χ1n) is 7.08. The fraction of sp³-hybridized carbons (Fsp3) is 0.105. The molecule has 2 heteroatoms. The van der Waals surface area contributed by atoms with Gasteiger partial charge in [-0.15, -0.1) is 0 Å². The Labute approximate surface area is 123 Å². The van der Waals surface area contributed by atoms with Crippen molar-refractivity contribution in [2.24, 2.45) is 0 Å². The molecule has 4 aromatic rings. The van der Waals surface area contributed by atoms with Crippen molar-refractivity contribution in [2.75, 3.05) is 0 Å². The number of fused-ring (bicyclic) bond motifs is 3. The lowest BCUT2D eigenvalue weighted by Gasteiger charge is -2.02. The third kappa shape index (κ3) is 1.83. The maximum atomic E-state index is 6.16. The van der Waals surface area contributed by atoms with Crippen LogP contribution in [0.25, 0.3) is 33.2 Å². The number of nitrogens with zero attached hydrogens (tertiary/aromatic N) is 1. The molecule has 0 bridgehead atoms. The molecule has 102 valence electrons. The van der Waals surface area contributed by atoms with Crippen molar-refractivity contribution in [3.05, 3.63) is 65.9 Å². The lowest BCUT2D eigenvalue weighted by molar-refractivity contribution is 0.666. The molecular formula is C19H15NO. The third-order valence-electron chi connectivity index (χ3n) is 3.91. The van der Waals surface area contributed by atoms with E-state index in [1.807, 2.05) is 19.2 Å². The molecule has 0 unspecified atom stereocenters. The third-order valence-corrected chi connectivity index (χ3v) is 3.91. The minimum atomic E-state index is 0.915. The highest BCUT2D eigenvalue weighted by molar-refractivity contribution is 6.09. The van der Waals surface area contributed by atoms with Gasteiger partial charge in [-0.1, -0.05) is 36.4 Å². The van der Waals surface area contributed by atoms with Crippen LogP contribution in [0.2, 0.25) is 0 Å². The number of furan rings is 1. The molecule has 0 atom stereocenters. The number of hydrogen-bond donors (Lipinski definition) is 0. The van der Waals surface area contributed by atoms with E-state index in [0.717, 1.165) is 38.9 Å². The molecule has 0 N–H and O–H groups in total. The fourth-order valence-corrected chi connectivity index (χ4v) is 2.79. The van der Waals surface area contributed by atoms with Crippen LogP contribution in [0.15, 0.2) is 59.1 Å². The minimum absolute atomic E-state index is 0.915. The van der Waals surface area contributed by atoms with E-state index in [1.54, 1.807) is 0 Å². The summed E-state index contributed by atoms with van der Waals surface area (Å²) in [6.45, 7) is 4.12. The van der Waals surface area contributed by atoms with Crippen LogP contribution >= 0.6 is 0 Å². The summed E-state index contributed by atoms with van der Waals surface area (Å²) in [5.74, 6) is 0. The van der Waals surface area contributed by atoms with Crippen molar-refractivity contribution in [3.8, 4) is 11.3 Å². The molecule has 2 nitrogen and oxygen atoms in total. The molecule has 0 amide bonds. The molecule has 2 heterocycles. The van der Waals surface area contributed by atoms with Gasteiger partial charge in [0.15, 0.2) is 0 Å². The summed E-state index contributed by atoms with van der Waals surface area (Å²) in [6.07, 6.45) is 1.89.